The molecule has 11 heavy (non-hydrogen) atoms. The predicted octanol–water partition coefficient (Wildman–Crippen LogP) is 1.59. The lowest BCUT2D eigenvalue weighted by molar-refractivity contribution is 0.135. The van der Waals surface area contributed by atoms with Gasteiger partial charge in [-0.05, 0) is 25.8 Å². The third-order valence-corrected chi connectivity index (χ3v) is 1.49. The summed E-state index contributed by atoms with van der Waals surface area (Å²) in [6, 6.07) is 0. The Kier molecular flexibility index (Phi) is 8.82. The van der Waals surface area contributed by atoms with Gasteiger partial charge in [0, 0.05) is 0 Å². The first-order valence-corrected chi connectivity index (χ1v) is 4.06. The minimum absolute atomic E-state index is 0.451. The third kappa shape index (κ3) is 9.36. The summed E-state index contributed by atoms with van der Waals surface area (Å²) < 4.78 is 0. The number of hydrogen-bond donors (Lipinski definition) is 1. The normalized spacial score (nSPS) is 9.55. The van der Waals surface area contributed by atoms with Crippen LogP contribution in [0.25, 0.3) is 0 Å². The van der Waals surface area contributed by atoms with Gasteiger partial charge in [-0.15, -0.1) is 4.91 Å². The molecule has 0 saturated heterocycles. The van der Waals surface area contributed by atoms with E-state index in [0.717, 1.165) is 25.8 Å². The maximum atomic E-state index is 9.45. The topological polar surface area (TPSA) is 64.7 Å². The first-order valence-electron chi connectivity index (χ1n) is 4.06. The molecule has 0 atom stereocenters. The number of unbranched alkanes of at least 4 members (excludes halogenated alkanes) is 4. The maximum absolute atomic E-state index is 9.45. The molecule has 0 spiro atoms. The Morgan fingerprint density at radius 3 is 2.36 bits per heavy atom. The standard InChI is InChI=1S/C7H16N2O2/c8-6-4-2-1-3-5-7-11-9-10/h1-8H2. The quantitative estimate of drug-likeness (QED) is 0.333. The third-order valence-electron chi connectivity index (χ3n) is 1.49. The van der Waals surface area contributed by atoms with Crippen LogP contribution in [0, 0.1) is 4.91 Å². The first kappa shape index (κ1) is 10.4. The van der Waals surface area contributed by atoms with E-state index in [4.69, 9.17) is 5.73 Å². The molecule has 0 aromatic carbocycles. The van der Waals surface area contributed by atoms with Crippen LogP contribution in [0.3, 0.4) is 0 Å². The maximum Gasteiger partial charge on any atom is 0.155 e. The first-order chi connectivity index (χ1) is 5.41. The highest BCUT2D eigenvalue weighted by molar-refractivity contribution is 4.43. The molecule has 0 bridgehead atoms. The van der Waals surface area contributed by atoms with Gasteiger partial charge in [0.2, 0.25) is 0 Å². The van der Waals surface area contributed by atoms with Gasteiger partial charge in [0.15, 0.2) is 5.34 Å². The van der Waals surface area contributed by atoms with Crippen LogP contribution in [-0.2, 0) is 4.84 Å². The van der Waals surface area contributed by atoms with Gasteiger partial charge in [0.25, 0.3) is 0 Å². The largest absolute Gasteiger partial charge is 0.364 e. The van der Waals surface area contributed by atoms with E-state index in [0.29, 0.717) is 6.61 Å². The highest BCUT2D eigenvalue weighted by Gasteiger charge is 1.89. The van der Waals surface area contributed by atoms with Gasteiger partial charge >= 0.3 is 0 Å². The zero-order valence-electron chi connectivity index (χ0n) is 6.79. The van der Waals surface area contributed by atoms with E-state index in [1.807, 2.05) is 0 Å². The van der Waals surface area contributed by atoms with Crippen molar-refractivity contribution >= 4 is 0 Å². The Hall–Kier alpha value is -0.640. The minimum atomic E-state index is 0.451. The monoisotopic (exact) mass is 160 g/mol. The van der Waals surface area contributed by atoms with Gasteiger partial charge in [-0.3, -0.25) is 0 Å². The molecule has 4 nitrogen and oxygen atoms in total. The Morgan fingerprint density at radius 1 is 1.09 bits per heavy atom. The summed E-state index contributed by atoms with van der Waals surface area (Å²) in [4.78, 5) is 13.7. The number of hydrogen-bond acceptors (Lipinski definition) is 4. The average Bonchev–Trinajstić information content (AvgIpc) is 2.03. The summed E-state index contributed by atoms with van der Waals surface area (Å²) in [6.45, 7) is 1.22. The van der Waals surface area contributed by atoms with Gasteiger partial charge in [-0.25, -0.2) is 0 Å². The van der Waals surface area contributed by atoms with Crippen molar-refractivity contribution in [3.05, 3.63) is 4.91 Å². The molecule has 0 heterocycles. The molecule has 0 aliphatic carbocycles. The van der Waals surface area contributed by atoms with Crippen molar-refractivity contribution in [3.8, 4) is 0 Å². The van der Waals surface area contributed by atoms with Gasteiger partial charge in [0.1, 0.15) is 6.61 Å². The van der Waals surface area contributed by atoms with Crippen molar-refractivity contribution in [2.75, 3.05) is 13.2 Å². The molecule has 0 rings (SSSR count). The molecule has 0 saturated carbocycles. The molecule has 0 aromatic heterocycles. The predicted molar refractivity (Wildman–Crippen MR) is 43.9 cm³/mol. The molecule has 2 N–H and O–H groups in total. The van der Waals surface area contributed by atoms with Crippen LogP contribution in [0.4, 0.5) is 0 Å². The second kappa shape index (κ2) is 9.36. The molecule has 0 aliphatic rings. The van der Waals surface area contributed by atoms with Crippen LogP contribution in [0.15, 0.2) is 5.34 Å². The summed E-state index contributed by atoms with van der Waals surface area (Å²) >= 11 is 0. The van der Waals surface area contributed by atoms with Gasteiger partial charge in [0.05, 0.1) is 0 Å². The molecule has 4 heteroatoms. The fourth-order valence-corrected chi connectivity index (χ4v) is 0.879. The van der Waals surface area contributed by atoms with Crippen molar-refractivity contribution in [1.82, 2.24) is 0 Å². The Bertz CT molecular complexity index is 88.5. The van der Waals surface area contributed by atoms with Crippen LogP contribution in [0.5, 0.6) is 0 Å². The summed E-state index contributed by atoms with van der Waals surface area (Å²) in [5.41, 5.74) is 5.31. The molecular weight excluding hydrogens is 144 g/mol. The smallest absolute Gasteiger partial charge is 0.155 e. The van der Waals surface area contributed by atoms with Crippen LogP contribution in [0.2, 0.25) is 0 Å². The lowest BCUT2D eigenvalue weighted by Gasteiger charge is -1.97. The minimum Gasteiger partial charge on any atom is -0.364 e. The van der Waals surface area contributed by atoms with Crippen molar-refractivity contribution in [1.29, 1.82) is 0 Å². The zero-order valence-corrected chi connectivity index (χ0v) is 6.79. The molecule has 0 aliphatic heterocycles. The summed E-state index contributed by atoms with van der Waals surface area (Å²) in [5, 5.41) is 2.30. The SMILES string of the molecule is NCCCCCCCON=O. The van der Waals surface area contributed by atoms with E-state index >= 15 is 0 Å². The fraction of sp³-hybridized carbons (Fsp3) is 1.00. The van der Waals surface area contributed by atoms with E-state index < -0.39 is 0 Å². The average molecular weight is 160 g/mol. The van der Waals surface area contributed by atoms with Crippen LogP contribution < -0.4 is 5.73 Å². The van der Waals surface area contributed by atoms with Crippen molar-refractivity contribution in [2.45, 2.75) is 32.1 Å². The van der Waals surface area contributed by atoms with Gasteiger partial charge in [-0.1, -0.05) is 12.8 Å². The molecule has 0 fully saturated rings. The van der Waals surface area contributed by atoms with E-state index in [1.165, 1.54) is 12.8 Å². The summed E-state index contributed by atoms with van der Waals surface area (Å²) in [7, 11) is 0. The molecule has 0 amide bonds. The van der Waals surface area contributed by atoms with Crippen LogP contribution in [-0.4, -0.2) is 13.2 Å². The van der Waals surface area contributed by atoms with E-state index in [-0.39, 0.29) is 0 Å². The fourth-order valence-electron chi connectivity index (χ4n) is 0.879. The lowest BCUT2D eigenvalue weighted by Crippen LogP contribution is -1.97. The van der Waals surface area contributed by atoms with Crippen molar-refractivity contribution in [2.24, 2.45) is 11.1 Å². The number of nitrogens with zero attached hydrogens (tertiary/aromatic N) is 1. The zero-order chi connectivity index (χ0) is 8.36. The van der Waals surface area contributed by atoms with E-state index in [1.54, 1.807) is 0 Å². The van der Waals surface area contributed by atoms with Crippen molar-refractivity contribution in [3.63, 3.8) is 0 Å². The van der Waals surface area contributed by atoms with Gasteiger partial charge in [-0.2, -0.15) is 0 Å². The van der Waals surface area contributed by atoms with Crippen LogP contribution in [0.1, 0.15) is 32.1 Å². The number of rotatable bonds is 8. The highest BCUT2D eigenvalue weighted by atomic mass is 16.7. The molecule has 66 valence electrons. The van der Waals surface area contributed by atoms with Gasteiger partial charge < -0.3 is 10.6 Å². The Balaban J connectivity index is 2.74. The van der Waals surface area contributed by atoms with Crippen molar-refractivity contribution < 1.29 is 4.84 Å². The molecule has 0 radical (unpaired) electrons. The highest BCUT2D eigenvalue weighted by Crippen LogP contribution is 2.01. The molecule has 0 unspecified atom stereocenters. The number of nitrogens with two attached hydrogens (primary N) is 1. The molecule has 0 aromatic rings. The van der Waals surface area contributed by atoms with Crippen LogP contribution >= 0.6 is 0 Å². The molecular formula is C7H16N2O2. The Labute approximate surface area is 67.0 Å². The lowest BCUT2D eigenvalue weighted by atomic mass is 10.1. The second-order valence-electron chi connectivity index (χ2n) is 2.46. The second-order valence-corrected chi connectivity index (χ2v) is 2.46. The Morgan fingerprint density at radius 2 is 1.73 bits per heavy atom. The van der Waals surface area contributed by atoms with E-state index in [9.17, 15) is 4.91 Å². The summed E-state index contributed by atoms with van der Waals surface area (Å²) in [6.07, 6.45) is 5.43. The van der Waals surface area contributed by atoms with E-state index in [2.05, 4.69) is 10.2 Å². The summed E-state index contributed by atoms with van der Waals surface area (Å²) in [5.74, 6) is 0.